The molecular weight excluding hydrogens is 282 g/mol. The molecule has 0 aromatic carbocycles. The predicted octanol–water partition coefficient (Wildman–Crippen LogP) is 2.55. The first-order valence-electron chi connectivity index (χ1n) is 6.75. The van der Waals surface area contributed by atoms with Gasteiger partial charge in [-0.05, 0) is 31.4 Å². The fourth-order valence-corrected chi connectivity index (χ4v) is 5.22. The minimum absolute atomic E-state index is 0.0625. The van der Waals surface area contributed by atoms with Gasteiger partial charge in [-0.1, -0.05) is 25.7 Å². The number of nitrogens with one attached hydrogen (secondary N) is 1. The lowest BCUT2D eigenvalue weighted by Crippen LogP contribution is -2.33. The molecule has 1 heterocycles. The molecule has 108 valence electrons. The summed E-state index contributed by atoms with van der Waals surface area (Å²) in [7, 11) is -3.43. The molecule has 1 aromatic heterocycles. The first-order chi connectivity index (χ1) is 9.03. The Morgan fingerprint density at radius 2 is 1.95 bits per heavy atom. The van der Waals surface area contributed by atoms with Crippen molar-refractivity contribution in [1.29, 1.82) is 0 Å². The lowest BCUT2D eigenvalue weighted by molar-refractivity contribution is 0.285. The highest BCUT2D eigenvalue weighted by molar-refractivity contribution is 7.91. The van der Waals surface area contributed by atoms with E-state index in [-0.39, 0.29) is 12.6 Å². The van der Waals surface area contributed by atoms with Crippen LogP contribution in [0.1, 0.15) is 49.0 Å². The highest BCUT2D eigenvalue weighted by Crippen LogP contribution is 2.27. The summed E-state index contributed by atoms with van der Waals surface area (Å²) in [5, 5.41) is 9.15. The van der Waals surface area contributed by atoms with E-state index >= 15 is 0 Å². The molecule has 0 atom stereocenters. The SMILES string of the molecule is Cc1cc(S(=O)(=O)NC2CCCCCC2)sc1CO. The van der Waals surface area contributed by atoms with Crippen LogP contribution >= 0.6 is 11.3 Å². The summed E-state index contributed by atoms with van der Waals surface area (Å²) < 4.78 is 27.8. The van der Waals surface area contributed by atoms with E-state index < -0.39 is 10.0 Å². The van der Waals surface area contributed by atoms with Crippen LogP contribution in [0.4, 0.5) is 0 Å². The molecule has 6 heteroatoms. The maximum absolute atomic E-state index is 12.3. The van der Waals surface area contributed by atoms with Gasteiger partial charge in [0.15, 0.2) is 0 Å². The molecule has 1 saturated carbocycles. The van der Waals surface area contributed by atoms with Crippen molar-refractivity contribution in [3.63, 3.8) is 0 Å². The number of aliphatic hydroxyl groups excluding tert-OH is 1. The molecule has 1 aromatic rings. The maximum atomic E-state index is 12.3. The Kier molecular flexibility index (Phi) is 5.00. The predicted molar refractivity (Wildman–Crippen MR) is 76.8 cm³/mol. The molecule has 0 aliphatic heterocycles. The minimum atomic E-state index is -3.43. The summed E-state index contributed by atoms with van der Waals surface area (Å²) in [5.74, 6) is 0. The van der Waals surface area contributed by atoms with E-state index in [4.69, 9.17) is 5.11 Å². The number of thiophene rings is 1. The smallest absolute Gasteiger partial charge is 0.250 e. The molecule has 0 unspecified atom stereocenters. The maximum Gasteiger partial charge on any atom is 0.250 e. The van der Waals surface area contributed by atoms with Gasteiger partial charge in [0.05, 0.1) is 6.61 Å². The molecular formula is C13H21NO3S2. The Bertz CT molecular complexity index is 514. The lowest BCUT2D eigenvalue weighted by atomic mass is 10.1. The Morgan fingerprint density at radius 3 is 2.47 bits per heavy atom. The van der Waals surface area contributed by atoms with Crippen molar-refractivity contribution < 1.29 is 13.5 Å². The van der Waals surface area contributed by atoms with Crippen LogP contribution in [-0.4, -0.2) is 19.6 Å². The molecule has 1 fully saturated rings. The first-order valence-corrected chi connectivity index (χ1v) is 9.05. The van der Waals surface area contributed by atoms with Crippen molar-refractivity contribution in [3.8, 4) is 0 Å². The molecule has 1 aliphatic carbocycles. The van der Waals surface area contributed by atoms with Crippen molar-refractivity contribution in [1.82, 2.24) is 4.72 Å². The lowest BCUT2D eigenvalue weighted by Gasteiger charge is -2.15. The van der Waals surface area contributed by atoms with Crippen LogP contribution in [0.2, 0.25) is 0 Å². The highest BCUT2D eigenvalue weighted by atomic mass is 32.2. The van der Waals surface area contributed by atoms with Crippen LogP contribution < -0.4 is 4.72 Å². The number of hydrogen-bond acceptors (Lipinski definition) is 4. The zero-order valence-corrected chi connectivity index (χ0v) is 12.8. The van der Waals surface area contributed by atoms with Crippen LogP contribution in [0.5, 0.6) is 0 Å². The Balaban J connectivity index is 2.12. The Hall–Kier alpha value is -0.430. The first kappa shape index (κ1) is 15.0. The molecule has 1 aliphatic rings. The van der Waals surface area contributed by atoms with E-state index in [1.165, 1.54) is 12.8 Å². The summed E-state index contributed by atoms with van der Waals surface area (Å²) in [5.41, 5.74) is 0.841. The third-order valence-corrected chi connectivity index (χ3v) is 6.80. The molecule has 2 N–H and O–H groups in total. The third kappa shape index (κ3) is 3.78. The van der Waals surface area contributed by atoms with Gasteiger partial charge in [0.25, 0.3) is 0 Å². The average Bonchev–Trinajstić information content (AvgIpc) is 2.58. The van der Waals surface area contributed by atoms with Gasteiger partial charge < -0.3 is 5.11 Å². The van der Waals surface area contributed by atoms with Gasteiger partial charge in [0, 0.05) is 10.9 Å². The van der Waals surface area contributed by atoms with Crippen LogP contribution in [0.25, 0.3) is 0 Å². The highest BCUT2D eigenvalue weighted by Gasteiger charge is 2.23. The van der Waals surface area contributed by atoms with Gasteiger partial charge in [0.2, 0.25) is 10.0 Å². The Morgan fingerprint density at radius 1 is 1.32 bits per heavy atom. The van der Waals surface area contributed by atoms with Crippen LogP contribution in [0.15, 0.2) is 10.3 Å². The second kappa shape index (κ2) is 6.35. The van der Waals surface area contributed by atoms with Crippen molar-refractivity contribution in [3.05, 3.63) is 16.5 Å². The van der Waals surface area contributed by atoms with E-state index in [0.29, 0.717) is 4.21 Å². The second-order valence-corrected chi connectivity index (χ2v) is 8.22. The van der Waals surface area contributed by atoms with E-state index in [1.54, 1.807) is 6.07 Å². The van der Waals surface area contributed by atoms with Crippen molar-refractivity contribution in [2.24, 2.45) is 0 Å². The summed E-state index contributed by atoms with van der Waals surface area (Å²) in [6.07, 6.45) is 6.44. The molecule has 19 heavy (non-hydrogen) atoms. The van der Waals surface area contributed by atoms with Gasteiger partial charge >= 0.3 is 0 Å². The topological polar surface area (TPSA) is 66.4 Å². The number of aliphatic hydroxyl groups is 1. The van der Waals surface area contributed by atoms with Gasteiger partial charge in [0.1, 0.15) is 4.21 Å². The number of rotatable bonds is 4. The monoisotopic (exact) mass is 303 g/mol. The summed E-state index contributed by atoms with van der Waals surface area (Å²) in [4.78, 5) is 0.723. The van der Waals surface area contributed by atoms with Gasteiger partial charge in [-0.15, -0.1) is 11.3 Å². The standard InChI is InChI=1S/C13H21NO3S2/c1-10-8-13(18-12(10)9-15)19(16,17)14-11-6-4-2-3-5-7-11/h8,11,14-15H,2-7,9H2,1H3. The summed E-state index contributed by atoms with van der Waals surface area (Å²) in [6, 6.07) is 1.71. The van der Waals surface area contributed by atoms with E-state index in [1.807, 2.05) is 6.92 Å². The number of sulfonamides is 1. The molecule has 0 bridgehead atoms. The number of hydrogen-bond donors (Lipinski definition) is 2. The molecule has 0 spiro atoms. The van der Waals surface area contributed by atoms with E-state index in [0.717, 1.165) is 47.5 Å². The van der Waals surface area contributed by atoms with Crippen LogP contribution in [0, 0.1) is 6.92 Å². The fraction of sp³-hybridized carbons (Fsp3) is 0.692. The normalized spacial score (nSPS) is 18.4. The molecule has 0 radical (unpaired) electrons. The van der Waals surface area contributed by atoms with Crippen molar-refractivity contribution >= 4 is 21.4 Å². The molecule has 0 amide bonds. The van der Waals surface area contributed by atoms with Gasteiger partial charge in [-0.3, -0.25) is 0 Å². The average molecular weight is 303 g/mol. The second-order valence-electron chi connectivity index (χ2n) is 5.14. The van der Waals surface area contributed by atoms with Crippen molar-refractivity contribution in [2.45, 2.75) is 62.3 Å². The van der Waals surface area contributed by atoms with E-state index in [9.17, 15) is 8.42 Å². The third-order valence-electron chi connectivity index (χ3n) is 3.58. The van der Waals surface area contributed by atoms with Crippen molar-refractivity contribution in [2.75, 3.05) is 0 Å². The van der Waals surface area contributed by atoms with Crippen LogP contribution in [-0.2, 0) is 16.6 Å². The minimum Gasteiger partial charge on any atom is -0.391 e. The molecule has 2 rings (SSSR count). The molecule has 0 saturated heterocycles. The zero-order chi connectivity index (χ0) is 13.9. The Labute approximate surface area is 118 Å². The quantitative estimate of drug-likeness (QED) is 0.840. The molecule has 4 nitrogen and oxygen atoms in total. The number of aryl methyl sites for hydroxylation is 1. The fourth-order valence-electron chi connectivity index (χ4n) is 2.45. The van der Waals surface area contributed by atoms with E-state index in [2.05, 4.69) is 4.72 Å². The van der Waals surface area contributed by atoms with Gasteiger partial charge in [-0.25, -0.2) is 13.1 Å². The van der Waals surface area contributed by atoms with Crippen LogP contribution in [0.3, 0.4) is 0 Å². The summed E-state index contributed by atoms with van der Waals surface area (Å²) >= 11 is 1.16. The van der Waals surface area contributed by atoms with Gasteiger partial charge in [-0.2, -0.15) is 0 Å². The summed E-state index contributed by atoms with van der Waals surface area (Å²) in [6.45, 7) is 1.72. The zero-order valence-electron chi connectivity index (χ0n) is 11.2. The largest absolute Gasteiger partial charge is 0.391 e.